The molecule has 9 aromatic carbocycles. The van der Waals surface area contributed by atoms with E-state index in [-0.39, 0.29) is 16.2 Å². The molecule has 67 heavy (non-hydrogen) atoms. The average molecular weight is 866 g/mol. The zero-order chi connectivity index (χ0) is 46.3. The van der Waals surface area contributed by atoms with Crippen LogP contribution in [-0.2, 0) is 21.7 Å². The fraction of sp³-hybridized carbons (Fsp3) is 0.182. The minimum absolute atomic E-state index is 0.0183. The second-order valence-electron chi connectivity index (χ2n) is 21.4. The monoisotopic (exact) mass is 865 g/mol. The Bertz CT molecular complexity index is 3270. The summed E-state index contributed by atoms with van der Waals surface area (Å²) in [5.74, 6) is 0. The van der Waals surface area contributed by atoms with E-state index in [0.29, 0.717) is 0 Å². The van der Waals surface area contributed by atoms with Gasteiger partial charge in [-0.15, -0.1) is 0 Å². The van der Waals surface area contributed by atoms with Crippen molar-refractivity contribution < 1.29 is 0 Å². The molecule has 0 saturated carbocycles. The fourth-order valence-electron chi connectivity index (χ4n) is 11.5. The van der Waals surface area contributed by atoms with Gasteiger partial charge in [-0.05, 0) is 131 Å². The van der Waals surface area contributed by atoms with Crippen molar-refractivity contribution in [2.24, 2.45) is 0 Å². The van der Waals surface area contributed by atoms with E-state index < -0.39 is 5.41 Å². The molecule has 0 radical (unpaired) electrons. The van der Waals surface area contributed by atoms with E-state index in [1.807, 2.05) is 0 Å². The highest BCUT2D eigenvalue weighted by molar-refractivity contribution is 5.96. The minimum Gasteiger partial charge on any atom is -0.310 e. The molecule has 328 valence electrons. The molecular weight excluding hydrogens is 807 g/mol. The minimum atomic E-state index is -0.505. The SMILES string of the molecule is CC(C)(C)c1ccc2c(c1)C(c1ccccc1)(c1ccccc1)c1cc(C(C)(C)C)c(-c3cccc(N(c4ccc(-c5ccccc5)cc4)c4cccc5c4-c4ccccc4C5(C)C)c3)cc1-2. The molecule has 0 bridgehead atoms. The maximum atomic E-state index is 2.58. The number of nitrogens with zero attached hydrogens (tertiary/aromatic N) is 1. The van der Waals surface area contributed by atoms with Gasteiger partial charge in [0, 0.05) is 22.4 Å². The Morgan fingerprint density at radius 1 is 0.358 bits per heavy atom. The van der Waals surface area contributed by atoms with Crippen molar-refractivity contribution in [2.45, 2.75) is 77.0 Å². The summed E-state index contributed by atoms with van der Waals surface area (Å²) < 4.78 is 0. The summed E-state index contributed by atoms with van der Waals surface area (Å²) in [4.78, 5) is 2.50. The third-order valence-corrected chi connectivity index (χ3v) is 14.8. The molecule has 0 heterocycles. The molecule has 11 rings (SSSR count). The maximum absolute atomic E-state index is 2.58. The first-order valence-corrected chi connectivity index (χ1v) is 24.0. The molecule has 0 aliphatic heterocycles. The molecule has 0 saturated heterocycles. The van der Waals surface area contributed by atoms with Crippen molar-refractivity contribution >= 4 is 17.1 Å². The van der Waals surface area contributed by atoms with Crippen LogP contribution < -0.4 is 4.90 Å². The van der Waals surface area contributed by atoms with Gasteiger partial charge in [-0.25, -0.2) is 0 Å². The lowest BCUT2D eigenvalue weighted by Crippen LogP contribution is -2.29. The third kappa shape index (κ3) is 6.81. The van der Waals surface area contributed by atoms with Gasteiger partial charge in [0.05, 0.1) is 11.1 Å². The first-order chi connectivity index (χ1) is 32.3. The van der Waals surface area contributed by atoms with Crippen molar-refractivity contribution in [1.82, 2.24) is 0 Å². The Labute approximate surface area is 398 Å². The molecule has 0 spiro atoms. The van der Waals surface area contributed by atoms with Crippen LogP contribution in [0.1, 0.15) is 99.9 Å². The zero-order valence-electron chi connectivity index (χ0n) is 40.2. The Morgan fingerprint density at radius 2 is 0.925 bits per heavy atom. The van der Waals surface area contributed by atoms with E-state index in [4.69, 9.17) is 0 Å². The number of benzene rings is 9. The lowest BCUT2D eigenvalue weighted by Gasteiger charge is -2.36. The topological polar surface area (TPSA) is 3.24 Å². The second kappa shape index (κ2) is 15.7. The quantitative estimate of drug-likeness (QED) is 0.154. The standard InChI is InChI=1S/C66H59N/c1-63(2,3)49-36-39-52-55-42-54(58(64(4,5)6)43-60(55)66(59(52)41-49,47-25-14-10-15-26-47)48-27-16-11-17-28-48)46-24-20-29-51(40-46)67(50-37-34-45(35-38-50)44-22-12-9-13-23-44)61-33-21-32-57-62(61)53-30-18-19-31-56(53)65(57,7)8/h9-43H,1-8H3. The smallest absolute Gasteiger partial charge is 0.0713 e. The van der Waals surface area contributed by atoms with Gasteiger partial charge < -0.3 is 4.90 Å². The number of rotatable bonds is 7. The first kappa shape index (κ1) is 42.4. The third-order valence-electron chi connectivity index (χ3n) is 14.8. The van der Waals surface area contributed by atoms with Crippen molar-refractivity contribution in [1.29, 1.82) is 0 Å². The highest BCUT2D eigenvalue weighted by Gasteiger charge is 2.47. The van der Waals surface area contributed by atoms with Gasteiger partial charge in [-0.1, -0.05) is 231 Å². The molecule has 0 unspecified atom stereocenters. The van der Waals surface area contributed by atoms with Crippen LogP contribution in [0.3, 0.4) is 0 Å². The molecule has 2 aliphatic rings. The van der Waals surface area contributed by atoms with Crippen molar-refractivity contribution in [3.8, 4) is 44.5 Å². The van der Waals surface area contributed by atoms with Gasteiger partial charge in [0.2, 0.25) is 0 Å². The van der Waals surface area contributed by atoms with Gasteiger partial charge in [-0.2, -0.15) is 0 Å². The second-order valence-corrected chi connectivity index (χ2v) is 21.4. The van der Waals surface area contributed by atoms with Crippen molar-refractivity contribution in [3.63, 3.8) is 0 Å². The summed E-state index contributed by atoms with van der Waals surface area (Å²) in [6, 6.07) is 79.9. The summed E-state index contributed by atoms with van der Waals surface area (Å²) in [5.41, 5.74) is 23.4. The highest BCUT2D eigenvalue weighted by atomic mass is 15.1. The molecule has 1 heteroatoms. The highest BCUT2D eigenvalue weighted by Crippen LogP contribution is 2.59. The molecule has 0 atom stereocenters. The fourth-order valence-corrected chi connectivity index (χ4v) is 11.5. The molecule has 0 aromatic heterocycles. The van der Waals surface area contributed by atoms with Gasteiger partial charge in [-0.3, -0.25) is 0 Å². The van der Waals surface area contributed by atoms with E-state index in [0.717, 1.165) is 11.4 Å². The van der Waals surface area contributed by atoms with Crippen LogP contribution in [0.25, 0.3) is 44.5 Å². The van der Waals surface area contributed by atoms with Crippen LogP contribution >= 0.6 is 0 Å². The predicted molar refractivity (Wildman–Crippen MR) is 284 cm³/mol. The molecule has 2 aliphatic carbocycles. The molecule has 0 amide bonds. The lowest BCUT2D eigenvalue weighted by molar-refractivity contribution is 0.587. The van der Waals surface area contributed by atoms with Gasteiger partial charge in [0.1, 0.15) is 0 Å². The largest absolute Gasteiger partial charge is 0.310 e. The Kier molecular flexibility index (Phi) is 9.94. The van der Waals surface area contributed by atoms with E-state index in [9.17, 15) is 0 Å². The Morgan fingerprint density at radius 3 is 1.58 bits per heavy atom. The van der Waals surface area contributed by atoms with Crippen LogP contribution in [0.15, 0.2) is 212 Å². The van der Waals surface area contributed by atoms with Crippen molar-refractivity contribution in [3.05, 3.63) is 257 Å². The zero-order valence-corrected chi connectivity index (χ0v) is 40.2. The van der Waals surface area contributed by atoms with Crippen molar-refractivity contribution in [2.75, 3.05) is 4.90 Å². The van der Waals surface area contributed by atoms with Crippen LogP contribution in [0.4, 0.5) is 17.1 Å². The molecule has 0 fully saturated rings. The van der Waals surface area contributed by atoms with Crippen LogP contribution in [0.5, 0.6) is 0 Å². The first-order valence-electron chi connectivity index (χ1n) is 24.0. The van der Waals surface area contributed by atoms with Crippen LogP contribution in [0.2, 0.25) is 0 Å². The van der Waals surface area contributed by atoms with E-state index in [1.165, 1.54) is 94.7 Å². The molecule has 1 nitrogen and oxygen atoms in total. The van der Waals surface area contributed by atoms with Crippen LogP contribution in [0, 0.1) is 0 Å². The van der Waals surface area contributed by atoms with Crippen LogP contribution in [-0.4, -0.2) is 0 Å². The summed E-state index contributed by atoms with van der Waals surface area (Å²) in [6.07, 6.45) is 0. The molecule has 0 N–H and O–H groups in total. The van der Waals surface area contributed by atoms with E-state index in [1.54, 1.807) is 0 Å². The Hall–Kier alpha value is -7.22. The number of fused-ring (bicyclic) bond motifs is 6. The summed E-state index contributed by atoms with van der Waals surface area (Å²) in [5, 5.41) is 0. The summed E-state index contributed by atoms with van der Waals surface area (Å²) in [6.45, 7) is 18.9. The van der Waals surface area contributed by atoms with Gasteiger partial charge >= 0.3 is 0 Å². The molecule has 9 aromatic rings. The summed E-state index contributed by atoms with van der Waals surface area (Å²) >= 11 is 0. The predicted octanol–water partition coefficient (Wildman–Crippen LogP) is 17.8. The summed E-state index contributed by atoms with van der Waals surface area (Å²) in [7, 11) is 0. The lowest BCUT2D eigenvalue weighted by atomic mass is 9.66. The molecular formula is C66H59N. The van der Waals surface area contributed by atoms with Gasteiger partial charge in [0.15, 0.2) is 0 Å². The average Bonchev–Trinajstić information content (AvgIpc) is 3.77. The number of anilines is 3. The van der Waals surface area contributed by atoms with E-state index >= 15 is 0 Å². The maximum Gasteiger partial charge on any atom is 0.0713 e. The van der Waals surface area contributed by atoms with E-state index in [2.05, 4.69) is 273 Å². The number of hydrogen-bond acceptors (Lipinski definition) is 1. The number of hydrogen-bond donors (Lipinski definition) is 0. The Balaban J connectivity index is 1.16. The van der Waals surface area contributed by atoms with Gasteiger partial charge in [0.25, 0.3) is 0 Å². The normalized spacial score (nSPS) is 14.2.